The summed E-state index contributed by atoms with van der Waals surface area (Å²) in [6.45, 7) is 11.8. The number of aromatic nitrogens is 1. The van der Waals surface area contributed by atoms with E-state index in [1.54, 1.807) is 31.7 Å². The van der Waals surface area contributed by atoms with Crippen LogP contribution in [0.25, 0.3) is 16.6 Å². The highest BCUT2D eigenvalue weighted by Crippen LogP contribution is 2.38. The number of benzene rings is 1. The number of allylic oxidation sites excluding steroid dienone is 1. The Labute approximate surface area is 171 Å². The van der Waals surface area contributed by atoms with Gasteiger partial charge in [-0.05, 0) is 57.9 Å². The van der Waals surface area contributed by atoms with Gasteiger partial charge in [0.25, 0.3) is 0 Å². The van der Waals surface area contributed by atoms with Gasteiger partial charge in [0.15, 0.2) is 0 Å². The van der Waals surface area contributed by atoms with E-state index in [0.29, 0.717) is 18.7 Å². The van der Waals surface area contributed by atoms with Gasteiger partial charge in [-0.25, -0.2) is 9.78 Å². The Morgan fingerprint density at radius 1 is 1.24 bits per heavy atom. The lowest BCUT2D eigenvalue weighted by atomic mass is 9.99. The Kier molecular flexibility index (Phi) is 5.64. The molecule has 0 spiro atoms. The summed E-state index contributed by atoms with van der Waals surface area (Å²) in [5.41, 5.74) is 4.08. The van der Waals surface area contributed by atoms with Crippen molar-refractivity contribution in [3.8, 4) is 5.75 Å². The topological polar surface area (TPSA) is 68.7 Å². The van der Waals surface area contributed by atoms with Gasteiger partial charge in [0.1, 0.15) is 11.4 Å². The normalized spacial score (nSPS) is 15.0. The van der Waals surface area contributed by atoms with Crippen LogP contribution in [0.3, 0.4) is 0 Å². The Balaban J connectivity index is 2.05. The molecule has 0 fully saturated rings. The molecule has 0 aliphatic carbocycles. The predicted octanol–water partition coefficient (Wildman–Crippen LogP) is 5.22. The first-order chi connectivity index (χ1) is 13.7. The number of carbonyl (C=O) groups is 2. The van der Waals surface area contributed by atoms with Crippen molar-refractivity contribution in [3.63, 3.8) is 0 Å². The Hall–Kier alpha value is -2.89. The van der Waals surface area contributed by atoms with Crippen molar-refractivity contribution in [2.45, 2.75) is 66.5 Å². The van der Waals surface area contributed by atoms with Crippen LogP contribution in [0.1, 0.15) is 64.8 Å². The standard InChI is InChI=1S/C23H28N2O4/c1-7-15-16-12-14(28-22(27)29-23(4,5)6)10-11-18(16)24-21-17(15)13-25(19(21)8-2)20(26)9-3/h8,10-12H,7,9,13H2,1-6H3/b19-8-. The molecule has 0 unspecified atom stereocenters. The van der Waals surface area contributed by atoms with Crippen molar-refractivity contribution in [2.24, 2.45) is 0 Å². The van der Waals surface area contributed by atoms with Crippen molar-refractivity contribution in [1.29, 1.82) is 0 Å². The summed E-state index contributed by atoms with van der Waals surface area (Å²) in [4.78, 5) is 31.1. The number of hydrogen-bond donors (Lipinski definition) is 0. The smallest absolute Gasteiger partial charge is 0.428 e. The van der Waals surface area contributed by atoms with Gasteiger partial charge in [-0.3, -0.25) is 4.79 Å². The van der Waals surface area contributed by atoms with Gasteiger partial charge in [0.05, 0.1) is 23.5 Å². The summed E-state index contributed by atoms with van der Waals surface area (Å²) in [5, 5.41) is 0.925. The summed E-state index contributed by atoms with van der Waals surface area (Å²) in [6, 6.07) is 5.38. The second kappa shape index (κ2) is 7.85. The van der Waals surface area contributed by atoms with E-state index in [9.17, 15) is 9.59 Å². The van der Waals surface area contributed by atoms with Gasteiger partial charge in [-0.2, -0.15) is 0 Å². The lowest BCUT2D eigenvalue weighted by Gasteiger charge is -2.19. The van der Waals surface area contributed by atoms with Crippen LogP contribution < -0.4 is 4.74 Å². The quantitative estimate of drug-likeness (QED) is 0.525. The van der Waals surface area contributed by atoms with Crippen molar-refractivity contribution in [2.75, 3.05) is 0 Å². The molecular weight excluding hydrogens is 368 g/mol. The summed E-state index contributed by atoms with van der Waals surface area (Å²) >= 11 is 0. The molecule has 0 saturated carbocycles. The van der Waals surface area contributed by atoms with Crippen molar-refractivity contribution in [3.05, 3.63) is 41.1 Å². The summed E-state index contributed by atoms with van der Waals surface area (Å²) in [7, 11) is 0. The van der Waals surface area contributed by atoms with Crippen LogP contribution in [0, 0.1) is 0 Å². The largest absolute Gasteiger partial charge is 0.514 e. The fourth-order valence-corrected chi connectivity index (χ4v) is 3.64. The number of hydrogen-bond acceptors (Lipinski definition) is 5. The molecule has 154 valence electrons. The van der Waals surface area contributed by atoms with Crippen molar-refractivity contribution in [1.82, 2.24) is 9.88 Å². The van der Waals surface area contributed by atoms with E-state index < -0.39 is 11.8 Å². The molecule has 1 aromatic heterocycles. The maximum Gasteiger partial charge on any atom is 0.514 e. The van der Waals surface area contributed by atoms with Gasteiger partial charge in [-0.1, -0.05) is 19.9 Å². The average Bonchev–Trinajstić information content (AvgIpc) is 3.02. The summed E-state index contributed by atoms with van der Waals surface area (Å²) in [6.07, 6.45) is 2.43. The number of aryl methyl sites for hydroxylation is 1. The molecule has 0 bridgehead atoms. The van der Waals surface area contributed by atoms with E-state index in [2.05, 4.69) is 6.92 Å². The molecule has 2 aromatic rings. The van der Waals surface area contributed by atoms with Crippen LogP contribution >= 0.6 is 0 Å². The molecule has 0 atom stereocenters. The Morgan fingerprint density at radius 2 is 1.97 bits per heavy atom. The van der Waals surface area contributed by atoms with Gasteiger partial charge in [0, 0.05) is 17.4 Å². The second-order valence-electron chi connectivity index (χ2n) is 8.02. The highest BCUT2D eigenvalue weighted by atomic mass is 16.7. The Bertz CT molecular complexity index is 1000. The molecule has 1 aliphatic heterocycles. The number of fused-ring (bicyclic) bond motifs is 2. The number of carbonyl (C=O) groups excluding carboxylic acids is 2. The SMILES string of the molecule is C/C=C1/c2nc3ccc(OC(=O)OC(C)(C)C)cc3c(CC)c2CN1C(=O)CC. The van der Waals surface area contributed by atoms with Crippen molar-refractivity contribution < 1.29 is 19.1 Å². The molecule has 0 saturated heterocycles. The van der Waals surface area contributed by atoms with E-state index in [1.165, 1.54) is 0 Å². The molecule has 1 aromatic carbocycles. The van der Waals surface area contributed by atoms with Crippen molar-refractivity contribution >= 4 is 28.7 Å². The molecule has 6 nitrogen and oxygen atoms in total. The first kappa shape index (κ1) is 20.8. The summed E-state index contributed by atoms with van der Waals surface area (Å²) < 4.78 is 10.6. The minimum atomic E-state index is -0.736. The number of ether oxygens (including phenoxy) is 2. The van der Waals surface area contributed by atoms with Gasteiger partial charge in [0.2, 0.25) is 5.91 Å². The zero-order valence-corrected chi connectivity index (χ0v) is 18.0. The monoisotopic (exact) mass is 396 g/mol. The molecule has 29 heavy (non-hydrogen) atoms. The number of nitrogens with zero attached hydrogens (tertiary/aromatic N) is 2. The highest BCUT2D eigenvalue weighted by Gasteiger charge is 2.31. The van der Waals surface area contributed by atoms with Crippen LogP contribution in [0.5, 0.6) is 5.75 Å². The lowest BCUT2D eigenvalue weighted by molar-refractivity contribution is -0.127. The second-order valence-corrected chi connectivity index (χ2v) is 8.02. The van der Waals surface area contributed by atoms with Gasteiger partial charge >= 0.3 is 6.16 Å². The maximum absolute atomic E-state index is 12.4. The van der Waals surface area contributed by atoms with Crippen LogP contribution in [0.2, 0.25) is 0 Å². The average molecular weight is 396 g/mol. The van der Waals surface area contributed by atoms with Gasteiger partial charge in [-0.15, -0.1) is 0 Å². The Morgan fingerprint density at radius 3 is 2.55 bits per heavy atom. The van der Waals surface area contributed by atoms with Crippen LogP contribution in [0.4, 0.5) is 4.79 Å². The number of pyridine rings is 1. The zero-order chi connectivity index (χ0) is 21.3. The van der Waals surface area contributed by atoms with E-state index in [1.807, 2.05) is 32.1 Å². The molecule has 0 radical (unpaired) electrons. The third kappa shape index (κ3) is 4.11. The lowest BCUT2D eigenvalue weighted by Crippen LogP contribution is -2.25. The minimum absolute atomic E-state index is 0.0798. The highest BCUT2D eigenvalue weighted by molar-refractivity contribution is 5.93. The molecule has 1 aliphatic rings. The third-order valence-corrected chi connectivity index (χ3v) is 4.85. The number of amides is 1. The summed E-state index contributed by atoms with van der Waals surface area (Å²) in [5.74, 6) is 0.491. The molecular formula is C23H28N2O4. The van der Waals surface area contributed by atoms with E-state index >= 15 is 0 Å². The first-order valence-corrected chi connectivity index (χ1v) is 10.0. The van der Waals surface area contributed by atoms with Crippen LogP contribution in [-0.4, -0.2) is 27.5 Å². The molecule has 2 heterocycles. The molecule has 1 amide bonds. The fourth-order valence-electron chi connectivity index (χ4n) is 3.64. The zero-order valence-electron chi connectivity index (χ0n) is 18.0. The molecule has 3 rings (SSSR count). The van der Waals surface area contributed by atoms with E-state index in [0.717, 1.165) is 39.8 Å². The molecule has 6 heteroatoms. The number of rotatable bonds is 3. The first-order valence-electron chi connectivity index (χ1n) is 10.0. The third-order valence-electron chi connectivity index (χ3n) is 4.85. The van der Waals surface area contributed by atoms with Gasteiger partial charge < -0.3 is 14.4 Å². The van der Waals surface area contributed by atoms with Crippen LogP contribution in [-0.2, 0) is 22.5 Å². The minimum Gasteiger partial charge on any atom is -0.428 e. The van der Waals surface area contributed by atoms with E-state index in [4.69, 9.17) is 14.5 Å². The van der Waals surface area contributed by atoms with Crippen LogP contribution in [0.15, 0.2) is 24.3 Å². The fraction of sp³-hybridized carbons (Fsp3) is 0.435. The predicted molar refractivity (Wildman–Crippen MR) is 112 cm³/mol. The maximum atomic E-state index is 12.4. The molecule has 0 N–H and O–H groups in total. The van der Waals surface area contributed by atoms with E-state index in [-0.39, 0.29) is 5.91 Å².